The molecule has 1 saturated heterocycles. The summed E-state index contributed by atoms with van der Waals surface area (Å²) in [5.41, 5.74) is 1.11. The molecule has 118 valence electrons. The van der Waals surface area contributed by atoms with Crippen molar-refractivity contribution in [2.45, 2.75) is 32.7 Å². The number of ether oxygens (including phenoxy) is 1. The third-order valence-electron chi connectivity index (χ3n) is 4.34. The number of halogens is 1. The van der Waals surface area contributed by atoms with Crippen molar-refractivity contribution in [1.29, 1.82) is 0 Å². The van der Waals surface area contributed by atoms with Gasteiger partial charge in [0, 0.05) is 43.9 Å². The van der Waals surface area contributed by atoms with Crippen LogP contribution < -0.4 is 10.1 Å². The third-order valence-corrected chi connectivity index (χ3v) is 4.34. The van der Waals surface area contributed by atoms with Crippen LogP contribution in [-0.4, -0.2) is 38.2 Å². The molecule has 3 nitrogen and oxygen atoms in total. The molecule has 1 unspecified atom stereocenters. The van der Waals surface area contributed by atoms with Crippen LogP contribution in [0.3, 0.4) is 0 Å². The van der Waals surface area contributed by atoms with Crippen LogP contribution in [-0.2, 0) is 0 Å². The molecule has 4 heteroatoms. The summed E-state index contributed by atoms with van der Waals surface area (Å²) < 4.78 is 18.9. The van der Waals surface area contributed by atoms with Gasteiger partial charge in [0.2, 0.25) is 0 Å². The van der Waals surface area contributed by atoms with E-state index in [4.69, 9.17) is 4.74 Å². The zero-order valence-electron chi connectivity index (χ0n) is 13.4. The Labute approximate surface area is 127 Å². The molecule has 21 heavy (non-hydrogen) atoms. The molecule has 0 bridgehead atoms. The van der Waals surface area contributed by atoms with Crippen LogP contribution in [0.25, 0.3) is 0 Å². The van der Waals surface area contributed by atoms with Gasteiger partial charge in [-0.05, 0) is 18.4 Å². The van der Waals surface area contributed by atoms with E-state index in [1.165, 1.54) is 6.07 Å². The van der Waals surface area contributed by atoms with Crippen LogP contribution in [0, 0.1) is 11.7 Å². The summed E-state index contributed by atoms with van der Waals surface area (Å²) in [7, 11) is 1.62. The fourth-order valence-corrected chi connectivity index (χ4v) is 3.37. The van der Waals surface area contributed by atoms with Crippen molar-refractivity contribution in [3.8, 4) is 5.75 Å². The number of methoxy groups -OCH3 is 1. The quantitative estimate of drug-likeness (QED) is 0.872. The van der Waals surface area contributed by atoms with Crippen molar-refractivity contribution in [3.05, 3.63) is 29.6 Å². The lowest BCUT2D eigenvalue weighted by atomic mass is 9.88. The summed E-state index contributed by atoms with van der Waals surface area (Å²) in [6, 6.07) is 5.24. The highest BCUT2D eigenvalue weighted by Crippen LogP contribution is 2.37. The predicted molar refractivity (Wildman–Crippen MR) is 84.2 cm³/mol. The highest BCUT2D eigenvalue weighted by molar-refractivity contribution is 5.37. The van der Waals surface area contributed by atoms with Gasteiger partial charge in [-0.3, -0.25) is 4.90 Å². The van der Waals surface area contributed by atoms with Gasteiger partial charge < -0.3 is 10.1 Å². The topological polar surface area (TPSA) is 24.5 Å². The van der Waals surface area contributed by atoms with Crippen LogP contribution in [0.2, 0.25) is 0 Å². The van der Waals surface area contributed by atoms with E-state index >= 15 is 0 Å². The summed E-state index contributed by atoms with van der Waals surface area (Å²) in [6.45, 7) is 8.59. The highest BCUT2D eigenvalue weighted by Gasteiger charge is 2.29. The Morgan fingerprint density at radius 1 is 1.33 bits per heavy atom. The van der Waals surface area contributed by atoms with Crippen molar-refractivity contribution in [2.24, 2.45) is 5.92 Å². The van der Waals surface area contributed by atoms with Gasteiger partial charge in [-0.1, -0.05) is 26.3 Å². The molecule has 0 spiro atoms. The van der Waals surface area contributed by atoms with E-state index in [0.29, 0.717) is 17.7 Å². The molecule has 0 radical (unpaired) electrons. The van der Waals surface area contributed by atoms with Gasteiger partial charge >= 0.3 is 0 Å². The Morgan fingerprint density at radius 2 is 2.05 bits per heavy atom. The lowest BCUT2D eigenvalue weighted by molar-refractivity contribution is 0.123. The van der Waals surface area contributed by atoms with Gasteiger partial charge in [-0.25, -0.2) is 4.39 Å². The third kappa shape index (κ3) is 3.95. The number of piperazine rings is 1. The molecule has 0 amide bonds. The molecule has 1 heterocycles. The van der Waals surface area contributed by atoms with Crippen molar-refractivity contribution in [1.82, 2.24) is 10.2 Å². The van der Waals surface area contributed by atoms with Crippen LogP contribution in [0.15, 0.2) is 18.2 Å². The monoisotopic (exact) mass is 294 g/mol. The predicted octanol–water partition coefficient (Wildman–Crippen LogP) is 3.22. The van der Waals surface area contributed by atoms with Crippen molar-refractivity contribution in [2.75, 3.05) is 33.3 Å². The molecule has 1 N–H and O–H groups in total. The molecule has 1 aromatic carbocycles. The number of hydrogen-bond donors (Lipinski definition) is 1. The maximum Gasteiger partial charge on any atom is 0.126 e. The largest absolute Gasteiger partial charge is 0.496 e. The fraction of sp³-hybridized carbons (Fsp3) is 0.647. The minimum absolute atomic E-state index is 0.238. The van der Waals surface area contributed by atoms with E-state index in [-0.39, 0.29) is 5.82 Å². The number of benzene rings is 1. The Kier molecular flexibility index (Phi) is 6.00. The van der Waals surface area contributed by atoms with Gasteiger partial charge in [-0.15, -0.1) is 0 Å². The Hall–Kier alpha value is -1.13. The molecule has 1 aliphatic heterocycles. The summed E-state index contributed by atoms with van der Waals surface area (Å²) >= 11 is 0. The molecule has 0 aromatic heterocycles. The second kappa shape index (κ2) is 7.76. The first-order valence-corrected chi connectivity index (χ1v) is 7.95. The minimum Gasteiger partial charge on any atom is -0.496 e. The minimum atomic E-state index is -0.238. The van der Waals surface area contributed by atoms with Crippen LogP contribution in [0.5, 0.6) is 5.75 Å². The molecule has 2 rings (SSSR count). The van der Waals surface area contributed by atoms with Gasteiger partial charge in [0.1, 0.15) is 11.6 Å². The van der Waals surface area contributed by atoms with E-state index in [9.17, 15) is 4.39 Å². The first-order valence-electron chi connectivity index (χ1n) is 7.95. The van der Waals surface area contributed by atoms with Gasteiger partial charge in [0.15, 0.2) is 0 Å². The first-order chi connectivity index (χ1) is 10.2. The SMILES string of the molecule is CCCC(C)[C@H](c1ccc(F)cc1OC)N1CCNCC1. The van der Waals surface area contributed by atoms with Gasteiger partial charge in [-0.2, -0.15) is 0 Å². The molecule has 2 atom stereocenters. The van der Waals surface area contributed by atoms with Crippen LogP contribution >= 0.6 is 0 Å². The number of nitrogens with zero attached hydrogens (tertiary/aromatic N) is 1. The summed E-state index contributed by atoms with van der Waals surface area (Å²) in [6.07, 6.45) is 2.32. The summed E-state index contributed by atoms with van der Waals surface area (Å²) in [4.78, 5) is 2.51. The second-order valence-electron chi connectivity index (χ2n) is 5.88. The highest BCUT2D eigenvalue weighted by atomic mass is 19.1. The van der Waals surface area contributed by atoms with E-state index < -0.39 is 0 Å². The molecular weight excluding hydrogens is 267 g/mol. The Bertz CT molecular complexity index is 446. The first kappa shape index (κ1) is 16.2. The van der Waals surface area contributed by atoms with E-state index in [1.807, 2.05) is 6.07 Å². The van der Waals surface area contributed by atoms with Crippen molar-refractivity contribution >= 4 is 0 Å². The number of rotatable bonds is 6. The molecule has 0 saturated carbocycles. The maximum atomic E-state index is 13.5. The lowest BCUT2D eigenvalue weighted by Gasteiger charge is -2.39. The maximum absolute atomic E-state index is 13.5. The molecule has 1 aliphatic rings. The Balaban J connectivity index is 2.33. The van der Waals surface area contributed by atoms with Crippen LogP contribution in [0.1, 0.15) is 38.3 Å². The normalized spacial score (nSPS) is 19.2. The summed E-state index contributed by atoms with van der Waals surface area (Å²) in [5, 5.41) is 3.40. The van der Waals surface area contributed by atoms with E-state index in [0.717, 1.165) is 44.6 Å². The zero-order chi connectivity index (χ0) is 15.2. The average molecular weight is 294 g/mol. The van der Waals surface area contributed by atoms with Gasteiger partial charge in [0.25, 0.3) is 0 Å². The fourth-order valence-electron chi connectivity index (χ4n) is 3.37. The van der Waals surface area contributed by atoms with Crippen molar-refractivity contribution in [3.63, 3.8) is 0 Å². The molecule has 1 fully saturated rings. The Morgan fingerprint density at radius 3 is 2.67 bits per heavy atom. The van der Waals surface area contributed by atoms with E-state index in [2.05, 4.69) is 24.1 Å². The smallest absolute Gasteiger partial charge is 0.126 e. The zero-order valence-corrected chi connectivity index (χ0v) is 13.4. The molecule has 1 aromatic rings. The molecule has 0 aliphatic carbocycles. The number of hydrogen-bond acceptors (Lipinski definition) is 3. The molecular formula is C17H27FN2O. The van der Waals surface area contributed by atoms with Crippen LogP contribution in [0.4, 0.5) is 4.39 Å². The number of nitrogens with one attached hydrogen (secondary N) is 1. The lowest BCUT2D eigenvalue weighted by Crippen LogP contribution is -2.46. The van der Waals surface area contributed by atoms with Crippen molar-refractivity contribution < 1.29 is 9.13 Å². The standard InChI is InChI=1S/C17H27FN2O/c1-4-5-13(2)17(20-10-8-19-9-11-20)15-7-6-14(18)12-16(15)21-3/h6-7,12-13,17,19H,4-5,8-11H2,1-3H3/t13?,17-/m1/s1. The summed E-state index contributed by atoms with van der Waals surface area (Å²) in [5.74, 6) is 0.951. The average Bonchev–Trinajstić information content (AvgIpc) is 2.50. The second-order valence-corrected chi connectivity index (χ2v) is 5.88. The van der Waals surface area contributed by atoms with Gasteiger partial charge in [0.05, 0.1) is 7.11 Å². The van der Waals surface area contributed by atoms with E-state index in [1.54, 1.807) is 13.2 Å².